The van der Waals surface area contributed by atoms with E-state index in [1.54, 1.807) is 0 Å². The highest BCUT2D eigenvalue weighted by atomic mass is 16.3. The quantitative estimate of drug-likeness (QED) is 0.401. The van der Waals surface area contributed by atoms with E-state index >= 15 is 0 Å². The Morgan fingerprint density at radius 1 is 0.941 bits per heavy atom. The van der Waals surface area contributed by atoms with Gasteiger partial charge in [-0.1, -0.05) is 34.6 Å². The SMILES string of the molecule is CC(C)=C=CCC[C@](C)(O)C1CC[C@]2(C)C1C(O)CC1C3(C)CCC(O)C(C)(C)C3CCC12C. The van der Waals surface area contributed by atoms with E-state index in [9.17, 15) is 15.3 Å². The normalized spacial score (nSPS) is 49.1. The summed E-state index contributed by atoms with van der Waals surface area (Å²) >= 11 is 0. The lowest BCUT2D eigenvalue weighted by molar-refractivity contribution is -0.246. The molecule has 4 rings (SSSR count). The minimum atomic E-state index is -0.773. The van der Waals surface area contributed by atoms with Gasteiger partial charge < -0.3 is 15.3 Å². The van der Waals surface area contributed by atoms with E-state index in [2.05, 4.69) is 60.3 Å². The molecule has 0 aromatic carbocycles. The molecule has 0 aliphatic heterocycles. The largest absolute Gasteiger partial charge is 0.393 e. The summed E-state index contributed by atoms with van der Waals surface area (Å²) in [4.78, 5) is 0. The number of aliphatic hydroxyl groups is 3. The monoisotopic (exact) mass is 472 g/mol. The highest BCUT2D eigenvalue weighted by Gasteiger charge is 2.71. The highest BCUT2D eigenvalue weighted by Crippen LogP contribution is 2.75. The van der Waals surface area contributed by atoms with Gasteiger partial charge in [-0.3, -0.25) is 0 Å². The molecule has 3 heteroatoms. The third-order valence-electron chi connectivity index (χ3n) is 12.4. The molecular formula is C31H52O3. The van der Waals surface area contributed by atoms with Crippen LogP contribution in [0.1, 0.15) is 113 Å². The average molecular weight is 473 g/mol. The molecule has 0 aromatic rings. The molecule has 4 aliphatic carbocycles. The van der Waals surface area contributed by atoms with Crippen molar-refractivity contribution < 1.29 is 15.3 Å². The van der Waals surface area contributed by atoms with Crippen molar-refractivity contribution in [1.82, 2.24) is 0 Å². The maximum Gasteiger partial charge on any atom is 0.0654 e. The molecule has 34 heavy (non-hydrogen) atoms. The van der Waals surface area contributed by atoms with Gasteiger partial charge in [0.2, 0.25) is 0 Å². The minimum absolute atomic E-state index is 0.0356. The Labute approximate surface area is 209 Å². The van der Waals surface area contributed by atoms with E-state index in [4.69, 9.17) is 0 Å². The number of fused-ring (bicyclic) bond motifs is 5. The first-order valence-electron chi connectivity index (χ1n) is 14.1. The highest BCUT2D eigenvalue weighted by molar-refractivity contribution is 5.20. The average Bonchev–Trinajstić information content (AvgIpc) is 3.11. The third-order valence-corrected chi connectivity index (χ3v) is 12.4. The van der Waals surface area contributed by atoms with Crippen molar-refractivity contribution in [3.63, 3.8) is 0 Å². The molecule has 0 saturated heterocycles. The second kappa shape index (κ2) is 8.47. The van der Waals surface area contributed by atoms with E-state index < -0.39 is 5.60 Å². The van der Waals surface area contributed by atoms with Gasteiger partial charge in [-0.25, -0.2) is 0 Å². The molecule has 0 radical (unpaired) electrons. The van der Waals surface area contributed by atoms with E-state index in [1.165, 1.54) is 12.8 Å². The Hall–Kier alpha value is -0.600. The summed E-state index contributed by atoms with van der Waals surface area (Å²) in [5, 5.41) is 34.3. The van der Waals surface area contributed by atoms with Crippen molar-refractivity contribution in [3.05, 3.63) is 17.4 Å². The molecule has 194 valence electrons. The van der Waals surface area contributed by atoms with E-state index in [0.717, 1.165) is 50.5 Å². The first kappa shape index (κ1) is 26.5. The predicted octanol–water partition coefficient (Wildman–Crippen LogP) is 6.66. The second-order valence-electron chi connectivity index (χ2n) is 14.6. The lowest BCUT2D eigenvalue weighted by Crippen LogP contribution is -2.66. The molecule has 4 saturated carbocycles. The number of aliphatic hydroxyl groups excluding tert-OH is 2. The van der Waals surface area contributed by atoms with Gasteiger partial charge in [0.25, 0.3) is 0 Å². The van der Waals surface area contributed by atoms with Crippen LogP contribution in [0.4, 0.5) is 0 Å². The smallest absolute Gasteiger partial charge is 0.0654 e. The van der Waals surface area contributed by atoms with Gasteiger partial charge in [0.05, 0.1) is 17.8 Å². The molecular weight excluding hydrogens is 420 g/mol. The van der Waals surface area contributed by atoms with Crippen LogP contribution in [0.15, 0.2) is 17.4 Å². The van der Waals surface area contributed by atoms with Crippen LogP contribution in [-0.4, -0.2) is 33.1 Å². The predicted molar refractivity (Wildman–Crippen MR) is 139 cm³/mol. The molecule has 0 bridgehead atoms. The summed E-state index contributed by atoms with van der Waals surface area (Å²) in [6.07, 6.45) is 10.3. The summed E-state index contributed by atoms with van der Waals surface area (Å²) in [5.41, 5.74) is 3.95. The Morgan fingerprint density at radius 3 is 2.24 bits per heavy atom. The molecule has 4 aliphatic rings. The molecule has 0 amide bonds. The number of rotatable bonds is 4. The van der Waals surface area contributed by atoms with E-state index in [-0.39, 0.29) is 45.7 Å². The van der Waals surface area contributed by atoms with Gasteiger partial charge in [-0.05, 0) is 136 Å². The molecule has 0 aromatic heterocycles. The molecule has 4 fully saturated rings. The van der Waals surface area contributed by atoms with Crippen molar-refractivity contribution in [1.29, 1.82) is 0 Å². The standard InChI is InChI=1S/C31H52O3/c1-20(2)11-9-10-15-31(8,34)21-12-17-30(7)26(21)22(32)19-24-28(5)16-14-25(33)27(3,4)23(28)13-18-29(24,30)6/h9,21-26,32-34H,10,12-19H2,1-8H3/t21?,22?,23?,24?,25?,26?,28?,29?,30-,31+/m1/s1. The second-order valence-corrected chi connectivity index (χ2v) is 14.6. The Balaban J connectivity index is 1.64. The first-order chi connectivity index (χ1) is 15.6. The Morgan fingerprint density at radius 2 is 1.59 bits per heavy atom. The van der Waals surface area contributed by atoms with Crippen LogP contribution in [0, 0.1) is 45.3 Å². The van der Waals surface area contributed by atoms with Gasteiger partial charge in [0.1, 0.15) is 0 Å². The van der Waals surface area contributed by atoms with Crippen molar-refractivity contribution in [2.24, 2.45) is 45.3 Å². The van der Waals surface area contributed by atoms with Crippen molar-refractivity contribution >= 4 is 0 Å². The van der Waals surface area contributed by atoms with Gasteiger partial charge in [0, 0.05) is 0 Å². The number of hydrogen-bond donors (Lipinski definition) is 3. The number of hydrogen-bond acceptors (Lipinski definition) is 3. The number of allylic oxidation sites excluding steroid dienone is 1. The lowest BCUT2D eigenvalue weighted by atomic mass is 9.35. The van der Waals surface area contributed by atoms with Gasteiger partial charge in [-0.15, -0.1) is 5.73 Å². The Kier molecular flexibility index (Phi) is 6.60. The zero-order valence-corrected chi connectivity index (χ0v) is 23.2. The van der Waals surface area contributed by atoms with Crippen LogP contribution in [0.3, 0.4) is 0 Å². The summed E-state index contributed by atoms with van der Waals surface area (Å²) in [5.74, 6) is 1.25. The van der Waals surface area contributed by atoms with Gasteiger partial charge in [0.15, 0.2) is 0 Å². The van der Waals surface area contributed by atoms with Crippen LogP contribution in [0.2, 0.25) is 0 Å². The van der Waals surface area contributed by atoms with Crippen LogP contribution in [0.25, 0.3) is 0 Å². The lowest BCUT2D eigenvalue weighted by Gasteiger charge is -2.70. The maximum atomic E-state index is 11.8. The fraction of sp³-hybridized carbons (Fsp3) is 0.903. The molecule has 10 atom stereocenters. The zero-order valence-electron chi connectivity index (χ0n) is 23.2. The maximum absolute atomic E-state index is 11.8. The van der Waals surface area contributed by atoms with Crippen molar-refractivity contribution in [2.75, 3.05) is 0 Å². The van der Waals surface area contributed by atoms with Crippen molar-refractivity contribution in [2.45, 2.75) is 131 Å². The molecule has 0 heterocycles. The summed E-state index contributed by atoms with van der Waals surface area (Å²) in [6.45, 7) is 18.2. The van der Waals surface area contributed by atoms with Crippen LogP contribution >= 0.6 is 0 Å². The fourth-order valence-electron chi connectivity index (χ4n) is 10.3. The van der Waals surface area contributed by atoms with Crippen LogP contribution < -0.4 is 0 Å². The molecule has 3 N–H and O–H groups in total. The topological polar surface area (TPSA) is 60.7 Å². The molecule has 3 nitrogen and oxygen atoms in total. The summed E-state index contributed by atoms with van der Waals surface area (Å²) in [6, 6.07) is 0. The minimum Gasteiger partial charge on any atom is -0.393 e. The third kappa shape index (κ3) is 3.71. The summed E-state index contributed by atoms with van der Waals surface area (Å²) in [7, 11) is 0. The van der Waals surface area contributed by atoms with Crippen molar-refractivity contribution in [3.8, 4) is 0 Å². The summed E-state index contributed by atoms with van der Waals surface area (Å²) < 4.78 is 0. The molecule has 0 spiro atoms. The van der Waals surface area contributed by atoms with E-state index in [1.807, 2.05) is 6.92 Å². The zero-order chi connectivity index (χ0) is 25.3. The first-order valence-corrected chi connectivity index (χ1v) is 14.1. The van der Waals surface area contributed by atoms with Gasteiger partial charge in [-0.2, -0.15) is 0 Å². The Bertz CT molecular complexity index is 847. The van der Waals surface area contributed by atoms with Crippen LogP contribution in [-0.2, 0) is 0 Å². The van der Waals surface area contributed by atoms with E-state index in [0.29, 0.717) is 11.8 Å². The molecule has 8 unspecified atom stereocenters. The fourth-order valence-corrected chi connectivity index (χ4v) is 10.3. The van der Waals surface area contributed by atoms with Gasteiger partial charge >= 0.3 is 0 Å². The van der Waals surface area contributed by atoms with Crippen LogP contribution in [0.5, 0.6) is 0 Å².